The van der Waals surface area contributed by atoms with E-state index < -0.39 is 38.0 Å². The zero-order chi connectivity index (χ0) is 15.3. The van der Waals surface area contributed by atoms with Crippen LogP contribution in [0.3, 0.4) is 0 Å². The predicted molar refractivity (Wildman–Crippen MR) is 79.7 cm³/mol. The maximum Gasteiger partial charge on any atom is 0.587 e. The summed E-state index contributed by atoms with van der Waals surface area (Å²) < 4.78 is 7.30. The van der Waals surface area contributed by atoms with Crippen LogP contribution < -0.4 is 22.2 Å². The number of hydrogen-bond acceptors (Lipinski definition) is 5. The van der Waals surface area contributed by atoms with E-state index in [0.29, 0.717) is 0 Å². The molecule has 0 aliphatic rings. The Bertz CT molecular complexity index is 993. The topological polar surface area (TPSA) is 87.4 Å². The molecule has 9 heteroatoms. The van der Waals surface area contributed by atoms with E-state index in [-0.39, 0.29) is 37.1 Å². The molecule has 102 valence electrons. The van der Waals surface area contributed by atoms with Crippen LogP contribution in [0.5, 0.6) is 0 Å². The summed E-state index contributed by atoms with van der Waals surface area (Å²) in [7, 11) is 1.37. The smallest absolute Gasteiger partial charge is 0.587 e. The lowest BCUT2D eigenvalue weighted by molar-refractivity contribution is 0.625. The Morgan fingerprint density at radius 1 is 0.857 bits per heavy atom. The van der Waals surface area contributed by atoms with Gasteiger partial charge in [0, 0.05) is 7.05 Å². The van der Waals surface area contributed by atoms with Gasteiger partial charge in [0.2, 0.25) is 11.1 Å². The Morgan fingerprint density at radius 2 is 1.29 bits per heavy atom. The van der Waals surface area contributed by atoms with Crippen molar-refractivity contribution in [2.24, 2.45) is 7.05 Å². The lowest BCUT2D eigenvalue weighted by Gasteiger charge is -1.96. The molecule has 7 nitrogen and oxygen atoms in total. The molecule has 0 amide bonds. The van der Waals surface area contributed by atoms with E-state index in [2.05, 4.69) is 0 Å². The first kappa shape index (κ1) is 14.5. The average Bonchev–Trinajstić information content (AvgIpc) is 2.84. The van der Waals surface area contributed by atoms with Gasteiger partial charge in [0.15, 0.2) is 0 Å². The van der Waals surface area contributed by atoms with Crippen molar-refractivity contribution >= 4 is 52.9 Å². The van der Waals surface area contributed by atoms with E-state index in [4.69, 9.17) is 2.84 Å². The Kier molecular flexibility index (Phi) is 3.49. The van der Waals surface area contributed by atoms with E-state index in [1.165, 1.54) is 19.2 Å². The van der Waals surface area contributed by atoms with Crippen LogP contribution in [0.15, 0.2) is 31.3 Å². The van der Waals surface area contributed by atoms with Crippen molar-refractivity contribution in [3.05, 3.63) is 53.5 Å². The van der Waals surface area contributed by atoms with Gasteiger partial charge in [-0.15, -0.1) is 0 Å². The fraction of sp³-hybridized carbons (Fsp3) is 0.167. The van der Waals surface area contributed by atoms with Gasteiger partial charge in [-0.3, -0.25) is 23.7 Å². The Morgan fingerprint density at radius 3 is 1.71 bits per heavy atom. The predicted octanol–water partition coefficient (Wildman–Crippen LogP) is -1.48. The summed E-state index contributed by atoms with van der Waals surface area (Å²) >= 11 is -1.16. The van der Waals surface area contributed by atoms with Crippen molar-refractivity contribution in [2.75, 3.05) is 0 Å². The van der Waals surface area contributed by atoms with Crippen molar-refractivity contribution in [2.45, 2.75) is 5.79 Å². The van der Waals surface area contributed by atoms with Gasteiger partial charge in [-0.2, -0.15) is 0 Å². The summed E-state index contributed by atoms with van der Waals surface area (Å²) in [6.45, 7) is 0. The Hall–Kier alpha value is -1.48. The first-order chi connectivity index (χ1) is 9.97. The molecule has 2 radical (unpaired) electrons. The molecule has 0 fully saturated rings. The first-order valence-electron chi connectivity index (χ1n) is 6.12. The van der Waals surface area contributed by atoms with Crippen LogP contribution in [0.2, 0.25) is 5.79 Å². The number of hydrogen-bond donors (Lipinski definition) is 0. The minimum Gasteiger partial charge on any atom is -0.631 e. The number of aromatic nitrogens is 2. The van der Waals surface area contributed by atoms with E-state index in [9.17, 15) is 19.2 Å². The average molecular weight is 314 g/mol. The van der Waals surface area contributed by atoms with Crippen LogP contribution in [0.1, 0.15) is 0 Å². The zero-order valence-electron chi connectivity index (χ0n) is 11.2. The minimum absolute atomic E-state index is 0.164. The van der Waals surface area contributed by atoms with Gasteiger partial charge < -0.3 is 6.39 Å². The van der Waals surface area contributed by atoms with E-state index in [1.54, 1.807) is 0 Å². The van der Waals surface area contributed by atoms with Crippen molar-refractivity contribution < 1.29 is 2.84 Å². The van der Waals surface area contributed by atoms with Gasteiger partial charge in [-0.05, 0) is 12.1 Å². The van der Waals surface area contributed by atoms with Crippen LogP contribution in [0.4, 0.5) is 0 Å². The quantitative estimate of drug-likeness (QED) is 0.550. The van der Waals surface area contributed by atoms with Crippen LogP contribution in [-0.4, -0.2) is 39.4 Å². The number of benzene rings is 1. The summed E-state index contributed by atoms with van der Waals surface area (Å²) in [5.74, 6) is 1.85. The Labute approximate surface area is 130 Å². The van der Waals surface area contributed by atoms with E-state index >= 15 is 0 Å². The molecule has 3 rings (SSSR count). The summed E-state index contributed by atoms with van der Waals surface area (Å²) in [5.41, 5.74) is -1.85. The molecule has 1 aromatic carbocycles. The second-order valence-corrected chi connectivity index (χ2v) is 6.86. The van der Waals surface area contributed by atoms with Crippen LogP contribution in [-0.2, 0) is 9.89 Å². The molecular formula is C12H8Al2N2O5. The minimum atomic E-state index is -0.900. The Balaban J connectivity index is 2.46. The first-order valence-corrected chi connectivity index (χ1v) is 8.73. The SMILES string of the molecule is [CH3][Al][O][Al][n]1c(=O)c2cc3c(=O)n(C)c(=O)c3cc2c1=O. The molecule has 0 aliphatic carbocycles. The maximum atomic E-state index is 12.2. The van der Waals surface area contributed by atoms with Crippen LogP contribution in [0.25, 0.3) is 21.5 Å². The van der Waals surface area contributed by atoms with Crippen LogP contribution >= 0.6 is 0 Å². The molecule has 2 heterocycles. The third-order valence-corrected chi connectivity index (χ3v) is 5.68. The van der Waals surface area contributed by atoms with Gasteiger partial charge in [0.1, 0.15) is 0 Å². The number of fused-ring (bicyclic) bond motifs is 2. The number of nitrogens with zero attached hydrogens (tertiary/aromatic N) is 2. The van der Waals surface area contributed by atoms with Gasteiger partial charge in [-0.25, -0.2) is 0 Å². The van der Waals surface area contributed by atoms with Gasteiger partial charge >= 0.3 is 31.3 Å². The van der Waals surface area contributed by atoms with Crippen molar-refractivity contribution in [1.82, 2.24) is 8.12 Å². The van der Waals surface area contributed by atoms with E-state index in [1.807, 2.05) is 5.79 Å². The molecule has 0 aliphatic heterocycles. The second kappa shape index (κ2) is 5.06. The molecule has 21 heavy (non-hydrogen) atoms. The second-order valence-electron chi connectivity index (χ2n) is 4.57. The summed E-state index contributed by atoms with van der Waals surface area (Å²) in [6.07, 6.45) is 0. The lowest BCUT2D eigenvalue weighted by Crippen LogP contribution is -2.32. The summed E-state index contributed by atoms with van der Waals surface area (Å²) in [5, 5.41) is 0.664. The molecule has 0 spiro atoms. The van der Waals surface area contributed by atoms with Gasteiger partial charge in [-0.1, -0.05) is 5.79 Å². The maximum absolute atomic E-state index is 12.2. The molecule has 0 N–H and O–H groups in total. The fourth-order valence-corrected chi connectivity index (χ4v) is 3.77. The summed E-state index contributed by atoms with van der Waals surface area (Å²) in [6, 6.07) is 2.68. The molecule has 2 aromatic heterocycles. The standard InChI is InChI=1S/C11H6N2O4.CH3.2Al.O/c1-13-10(16)6-2-4-5(3-7(6)11(13)17)9(15)12-8(4)14;;;;/h2-3H,1H3,(H,12,14,15);1H3;;;/q;;;+1;/p-1. The zero-order valence-corrected chi connectivity index (χ0v) is 13.6. The van der Waals surface area contributed by atoms with Crippen molar-refractivity contribution in [3.63, 3.8) is 0 Å². The van der Waals surface area contributed by atoms with Crippen molar-refractivity contribution in [3.8, 4) is 0 Å². The lowest BCUT2D eigenvalue weighted by atomic mass is 10.1. The largest absolute Gasteiger partial charge is 0.631 e. The molecule has 3 aromatic rings. The third-order valence-electron chi connectivity index (χ3n) is 3.43. The van der Waals surface area contributed by atoms with E-state index in [0.717, 1.165) is 8.12 Å². The van der Waals surface area contributed by atoms with Gasteiger partial charge in [0.25, 0.3) is 11.1 Å². The van der Waals surface area contributed by atoms with Crippen LogP contribution in [0, 0.1) is 0 Å². The van der Waals surface area contributed by atoms with Gasteiger partial charge in [0.05, 0.1) is 21.5 Å². The molecule has 0 saturated heterocycles. The normalized spacial score (nSPS) is 11.3. The van der Waals surface area contributed by atoms with Crippen molar-refractivity contribution in [1.29, 1.82) is 0 Å². The summed E-state index contributed by atoms with van der Waals surface area (Å²) in [4.78, 5) is 48.3. The highest BCUT2D eigenvalue weighted by Gasteiger charge is 2.18. The molecular weight excluding hydrogens is 306 g/mol. The molecule has 0 atom stereocenters. The monoisotopic (exact) mass is 314 g/mol. The number of rotatable bonds is 3. The highest BCUT2D eigenvalue weighted by Crippen LogP contribution is 2.13. The highest BCUT2D eigenvalue weighted by atomic mass is 27.2. The molecule has 0 saturated carbocycles. The fourth-order valence-electron chi connectivity index (χ4n) is 2.33. The third kappa shape index (κ3) is 1.98. The molecule has 0 unspecified atom stereocenters. The molecule has 0 bridgehead atoms. The highest BCUT2D eigenvalue weighted by molar-refractivity contribution is 6.40.